The maximum atomic E-state index is 13.5. The Morgan fingerprint density at radius 2 is 1.80 bits per heavy atom. The van der Waals surface area contributed by atoms with Crippen molar-refractivity contribution < 1.29 is 14.3 Å². The molecule has 1 N–H and O–H groups in total. The van der Waals surface area contributed by atoms with Gasteiger partial charge in [-0.15, -0.1) is 11.3 Å². The number of likely N-dealkylation sites (tertiary alicyclic amines) is 1. The summed E-state index contributed by atoms with van der Waals surface area (Å²) in [4.78, 5) is 29.0. The van der Waals surface area contributed by atoms with Gasteiger partial charge in [0.15, 0.2) is 5.72 Å². The summed E-state index contributed by atoms with van der Waals surface area (Å²) in [7, 11) is 0. The zero-order valence-corrected chi connectivity index (χ0v) is 17.8. The van der Waals surface area contributed by atoms with E-state index in [0.717, 1.165) is 21.0 Å². The lowest BCUT2D eigenvalue weighted by atomic mass is 9.96. The van der Waals surface area contributed by atoms with Gasteiger partial charge in [0.2, 0.25) is 0 Å². The zero-order chi connectivity index (χ0) is 20.9. The number of amides is 2. The van der Waals surface area contributed by atoms with Crippen LogP contribution in [0.3, 0.4) is 0 Å². The first kappa shape index (κ1) is 18.9. The molecule has 0 unspecified atom stereocenters. The molecule has 0 atom stereocenters. The molecule has 0 aliphatic carbocycles. The number of nitrogens with zero attached hydrogens (tertiary/aromatic N) is 2. The van der Waals surface area contributed by atoms with Gasteiger partial charge >= 0.3 is 0 Å². The van der Waals surface area contributed by atoms with Crippen LogP contribution in [0.4, 0.5) is 0 Å². The number of aryl methyl sites for hydroxylation is 1. The van der Waals surface area contributed by atoms with Crippen LogP contribution in [0.5, 0.6) is 5.75 Å². The molecule has 3 aromatic rings. The van der Waals surface area contributed by atoms with Gasteiger partial charge in [0, 0.05) is 43.2 Å². The van der Waals surface area contributed by atoms with E-state index in [4.69, 9.17) is 4.74 Å². The largest absolute Gasteiger partial charge is 0.467 e. The average Bonchev–Trinajstić information content (AvgIpc) is 3.37. The fourth-order valence-electron chi connectivity index (χ4n) is 4.22. The molecule has 2 aromatic heterocycles. The predicted molar refractivity (Wildman–Crippen MR) is 116 cm³/mol. The Morgan fingerprint density at radius 1 is 1.10 bits per heavy atom. The van der Waals surface area contributed by atoms with Crippen molar-refractivity contribution in [2.24, 2.45) is 0 Å². The summed E-state index contributed by atoms with van der Waals surface area (Å²) >= 11 is 1.64. The maximum absolute atomic E-state index is 13.5. The van der Waals surface area contributed by atoms with Crippen molar-refractivity contribution in [3.63, 3.8) is 0 Å². The molecule has 6 nitrogen and oxygen atoms in total. The third kappa shape index (κ3) is 3.01. The number of carbonyl (C=O) groups is 2. The highest BCUT2D eigenvalue weighted by Gasteiger charge is 2.43. The van der Waals surface area contributed by atoms with Crippen LogP contribution in [-0.4, -0.2) is 40.1 Å². The second kappa shape index (κ2) is 7.02. The number of thiophene rings is 1. The van der Waals surface area contributed by atoms with Gasteiger partial charge in [-0.2, -0.15) is 0 Å². The topological polar surface area (TPSA) is 63.6 Å². The Balaban J connectivity index is 1.37. The van der Waals surface area contributed by atoms with Crippen LogP contribution in [0.2, 0.25) is 0 Å². The van der Waals surface area contributed by atoms with Crippen molar-refractivity contribution in [1.29, 1.82) is 0 Å². The van der Waals surface area contributed by atoms with Crippen LogP contribution in [0.25, 0.3) is 5.00 Å². The number of piperidine rings is 1. The molecule has 154 valence electrons. The summed E-state index contributed by atoms with van der Waals surface area (Å²) in [6, 6.07) is 11.2. The van der Waals surface area contributed by atoms with Gasteiger partial charge in [0.25, 0.3) is 11.8 Å². The molecule has 2 amide bonds. The van der Waals surface area contributed by atoms with Crippen LogP contribution in [0, 0.1) is 13.8 Å². The summed E-state index contributed by atoms with van der Waals surface area (Å²) in [5.41, 5.74) is 1.61. The standard InChI is InChI=1S/C23H23N3O3S/c1-15-16(2)30-22(26-11-5-6-12-26)19(15)21(28)25-13-9-23(10-14-25)24-20(27)17-7-3-4-8-18(17)29-23/h3-8,11-12H,9-10,13-14H2,1-2H3,(H,24,27). The van der Waals surface area contributed by atoms with E-state index in [1.54, 1.807) is 17.4 Å². The number of ether oxygens (including phenoxy) is 1. The predicted octanol–water partition coefficient (Wildman–Crippen LogP) is 3.91. The molecule has 0 bridgehead atoms. The highest BCUT2D eigenvalue weighted by Crippen LogP contribution is 2.36. The lowest BCUT2D eigenvalue weighted by Gasteiger charge is -2.44. The SMILES string of the molecule is Cc1sc(-n2cccc2)c(C(=O)N2CCC3(CC2)NC(=O)c2ccccc2O3)c1C. The van der Waals surface area contributed by atoms with E-state index in [2.05, 4.69) is 12.2 Å². The van der Waals surface area contributed by atoms with E-state index in [0.29, 0.717) is 37.2 Å². The summed E-state index contributed by atoms with van der Waals surface area (Å²) in [5.74, 6) is 0.536. The number of para-hydroxylation sites is 1. The number of fused-ring (bicyclic) bond motifs is 1. The Labute approximate surface area is 179 Å². The quantitative estimate of drug-likeness (QED) is 0.682. The summed E-state index contributed by atoms with van der Waals surface area (Å²) in [5, 5.41) is 3.99. The lowest BCUT2D eigenvalue weighted by Crippen LogP contribution is -2.61. The number of hydrogen-bond donors (Lipinski definition) is 1. The number of benzene rings is 1. The molecule has 5 rings (SSSR count). The molecule has 30 heavy (non-hydrogen) atoms. The van der Waals surface area contributed by atoms with Gasteiger partial charge in [-0.3, -0.25) is 9.59 Å². The molecule has 2 aliphatic rings. The minimum absolute atomic E-state index is 0.0398. The van der Waals surface area contributed by atoms with E-state index < -0.39 is 5.72 Å². The van der Waals surface area contributed by atoms with Gasteiger partial charge in [-0.05, 0) is 43.7 Å². The molecule has 4 heterocycles. The summed E-state index contributed by atoms with van der Waals surface area (Å²) < 4.78 is 8.21. The van der Waals surface area contributed by atoms with E-state index in [-0.39, 0.29) is 11.8 Å². The Kier molecular flexibility index (Phi) is 4.43. The highest BCUT2D eigenvalue weighted by molar-refractivity contribution is 7.15. The molecule has 1 spiro atoms. The van der Waals surface area contributed by atoms with E-state index in [1.807, 2.05) is 59.1 Å². The van der Waals surface area contributed by atoms with Crippen LogP contribution in [-0.2, 0) is 0 Å². The number of hydrogen-bond acceptors (Lipinski definition) is 4. The van der Waals surface area contributed by atoms with Crippen LogP contribution < -0.4 is 10.1 Å². The Bertz CT molecular complexity index is 1120. The first-order chi connectivity index (χ1) is 14.5. The fourth-order valence-corrected chi connectivity index (χ4v) is 5.34. The molecular formula is C23H23N3O3S. The molecule has 2 aliphatic heterocycles. The van der Waals surface area contributed by atoms with Crippen LogP contribution in [0.15, 0.2) is 48.8 Å². The molecular weight excluding hydrogens is 398 g/mol. The van der Waals surface area contributed by atoms with Crippen molar-refractivity contribution in [3.8, 4) is 10.8 Å². The first-order valence-corrected chi connectivity index (χ1v) is 10.9. The van der Waals surface area contributed by atoms with E-state index in [9.17, 15) is 9.59 Å². The third-order valence-electron chi connectivity index (χ3n) is 6.06. The minimum Gasteiger partial charge on any atom is -0.467 e. The smallest absolute Gasteiger partial charge is 0.258 e. The first-order valence-electron chi connectivity index (χ1n) is 10.1. The van der Waals surface area contributed by atoms with Gasteiger partial charge in [0.1, 0.15) is 10.8 Å². The van der Waals surface area contributed by atoms with Crippen molar-refractivity contribution in [2.75, 3.05) is 13.1 Å². The molecule has 1 fully saturated rings. The summed E-state index contributed by atoms with van der Waals surface area (Å²) in [6.07, 6.45) is 5.05. The normalized spacial score (nSPS) is 17.4. The Hall–Kier alpha value is -3.06. The van der Waals surface area contributed by atoms with E-state index in [1.165, 1.54) is 0 Å². The molecule has 0 radical (unpaired) electrons. The lowest BCUT2D eigenvalue weighted by molar-refractivity contribution is -0.0245. The summed E-state index contributed by atoms with van der Waals surface area (Å²) in [6.45, 7) is 5.12. The van der Waals surface area contributed by atoms with Gasteiger partial charge in [-0.1, -0.05) is 12.1 Å². The van der Waals surface area contributed by atoms with Crippen molar-refractivity contribution in [2.45, 2.75) is 32.4 Å². The number of nitrogens with one attached hydrogen (secondary N) is 1. The molecule has 0 saturated carbocycles. The van der Waals surface area contributed by atoms with Crippen molar-refractivity contribution in [1.82, 2.24) is 14.8 Å². The van der Waals surface area contributed by atoms with Gasteiger partial charge < -0.3 is 19.5 Å². The fraction of sp³-hybridized carbons (Fsp3) is 0.304. The zero-order valence-electron chi connectivity index (χ0n) is 17.0. The third-order valence-corrected chi connectivity index (χ3v) is 7.28. The molecule has 1 aromatic carbocycles. The van der Waals surface area contributed by atoms with Crippen LogP contribution >= 0.6 is 11.3 Å². The number of carbonyl (C=O) groups excluding carboxylic acids is 2. The molecule has 7 heteroatoms. The highest BCUT2D eigenvalue weighted by atomic mass is 32.1. The van der Waals surface area contributed by atoms with E-state index >= 15 is 0 Å². The second-order valence-corrected chi connectivity index (χ2v) is 9.10. The number of aromatic nitrogens is 1. The van der Waals surface area contributed by atoms with Crippen molar-refractivity contribution in [3.05, 3.63) is 70.4 Å². The minimum atomic E-state index is -0.745. The average molecular weight is 422 g/mol. The molecule has 1 saturated heterocycles. The number of rotatable bonds is 2. The Morgan fingerprint density at radius 3 is 2.53 bits per heavy atom. The van der Waals surface area contributed by atoms with Gasteiger partial charge in [-0.25, -0.2) is 0 Å². The van der Waals surface area contributed by atoms with Crippen LogP contribution in [0.1, 0.15) is 44.0 Å². The second-order valence-electron chi connectivity index (χ2n) is 7.89. The monoisotopic (exact) mass is 421 g/mol. The van der Waals surface area contributed by atoms with Crippen molar-refractivity contribution >= 4 is 23.2 Å². The maximum Gasteiger partial charge on any atom is 0.258 e. The van der Waals surface area contributed by atoms with Gasteiger partial charge in [0.05, 0.1) is 11.1 Å².